The van der Waals surface area contributed by atoms with Crippen LogP contribution in [0.1, 0.15) is 64.2 Å². The monoisotopic (exact) mass is 297 g/mol. The molecule has 8 saturated carbocycles. The Morgan fingerprint density at radius 2 is 0.727 bits per heavy atom. The van der Waals surface area contributed by atoms with E-state index in [2.05, 4.69) is 0 Å². The van der Waals surface area contributed by atoms with Crippen LogP contribution < -0.4 is 0 Å². The van der Waals surface area contributed by atoms with Gasteiger partial charge in [-0.2, -0.15) is 0 Å². The van der Waals surface area contributed by atoms with Crippen molar-refractivity contribution in [3.63, 3.8) is 0 Å². The normalized spacial score (nSPS) is 60.9. The molecule has 0 spiro atoms. The van der Waals surface area contributed by atoms with E-state index in [-0.39, 0.29) is 0 Å². The van der Waals surface area contributed by atoms with E-state index in [4.69, 9.17) is 0 Å². The topological polar surface area (TPSA) is 23.9 Å². The van der Waals surface area contributed by atoms with E-state index >= 15 is 0 Å². The fraction of sp³-hybridized carbons (Fsp3) is 0.952. The molecule has 0 aliphatic heterocycles. The highest BCUT2D eigenvalue weighted by Crippen LogP contribution is 2.61. The van der Waals surface area contributed by atoms with Gasteiger partial charge in [-0.3, -0.25) is 0 Å². The van der Waals surface area contributed by atoms with Crippen molar-refractivity contribution >= 4 is 5.71 Å². The summed E-state index contributed by atoms with van der Waals surface area (Å²) in [7, 11) is 0. The average Bonchev–Trinajstić information content (AvgIpc) is 2.44. The minimum Gasteiger partial charge on any atom is -0.309 e. The second kappa shape index (κ2) is 4.39. The average molecular weight is 297 g/mol. The van der Waals surface area contributed by atoms with E-state index < -0.39 is 0 Å². The number of hydrogen-bond donors (Lipinski definition) is 1. The molecule has 0 aromatic rings. The Kier molecular flexibility index (Phi) is 2.60. The van der Waals surface area contributed by atoms with Crippen LogP contribution in [0.4, 0.5) is 0 Å². The maximum Gasteiger partial charge on any atom is 0.0162 e. The highest BCUT2D eigenvalue weighted by Gasteiger charge is 2.55. The van der Waals surface area contributed by atoms with Crippen LogP contribution in [-0.4, -0.2) is 5.71 Å². The van der Waals surface area contributed by atoms with E-state index in [1.807, 2.05) is 0 Å². The van der Waals surface area contributed by atoms with Crippen molar-refractivity contribution in [1.82, 2.24) is 0 Å². The van der Waals surface area contributed by atoms with Gasteiger partial charge in [-0.15, -0.1) is 0 Å². The minimum absolute atomic E-state index is 0.732. The van der Waals surface area contributed by atoms with Crippen LogP contribution in [0.25, 0.3) is 0 Å². The smallest absolute Gasteiger partial charge is 0.0162 e. The molecule has 0 saturated heterocycles. The van der Waals surface area contributed by atoms with Crippen molar-refractivity contribution in [3.8, 4) is 0 Å². The largest absolute Gasteiger partial charge is 0.309 e. The molecular formula is C21H31N. The molecule has 120 valence electrons. The Morgan fingerprint density at radius 1 is 0.455 bits per heavy atom. The van der Waals surface area contributed by atoms with Crippen LogP contribution in [0.3, 0.4) is 0 Å². The standard InChI is InChI=1S/C21H31N/c22-21(19-15-3-11-1-12(5-15)6-16(19)4-11)20-17-7-13-2-14(9-17)10-18(20)8-13/h11-20,22H,1-10H2. The zero-order valence-electron chi connectivity index (χ0n) is 13.8. The van der Waals surface area contributed by atoms with Crippen LogP contribution >= 0.6 is 0 Å². The fourth-order valence-electron chi connectivity index (χ4n) is 9.09. The molecule has 1 N–H and O–H groups in total. The zero-order chi connectivity index (χ0) is 14.4. The first-order valence-electron chi connectivity index (χ1n) is 10.3. The summed E-state index contributed by atoms with van der Waals surface area (Å²) in [5.41, 5.74) is 1.29. The summed E-state index contributed by atoms with van der Waals surface area (Å²) in [6.07, 6.45) is 15.0. The van der Waals surface area contributed by atoms with Gasteiger partial charge in [-0.05, 0) is 112 Å². The summed E-state index contributed by atoms with van der Waals surface area (Å²) in [6, 6.07) is 0. The lowest BCUT2D eigenvalue weighted by Crippen LogP contribution is -2.54. The van der Waals surface area contributed by atoms with Gasteiger partial charge in [0.2, 0.25) is 0 Å². The lowest BCUT2D eigenvalue weighted by Gasteiger charge is -2.59. The molecule has 0 heterocycles. The summed E-state index contributed by atoms with van der Waals surface area (Å²) in [6.45, 7) is 0. The Hall–Kier alpha value is -0.330. The van der Waals surface area contributed by atoms with Gasteiger partial charge in [0.25, 0.3) is 0 Å². The Labute approximate surface area is 135 Å². The van der Waals surface area contributed by atoms with Crippen LogP contribution in [0.5, 0.6) is 0 Å². The third-order valence-electron chi connectivity index (χ3n) is 9.17. The van der Waals surface area contributed by atoms with Gasteiger partial charge >= 0.3 is 0 Å². The van der Waals surface area contributed by atoms with Crippen molar-refractivity contribution in [2.75, 3.05) is 0 Å². The van der Waals surface area contributed by atoms with E-state index in [1.54, 1.807) is 12.8 Å². The van der Waals surface area contributed by atoms with Crippen molar-refractivity contribution < 1.29 is 0 Å². The molecule has 8 aliphatic rings. The highest BCUT2D eigenvalue weighted by molar-refractivity contribution is 5.88. The summed E-state index contributed by atoms with van der Waals surface area (Å²) in [5.74, 6) is 9.43. The lowest BCUT2D eigenvalue weighted by molar-refractivity contribution is -0.0313. The predicted molar refractivity (Wildman–Crippen MR) is 88.8 cm³/mol. The van der Waals surface area contributed by atoms with Gasteiger partial charge in [0, 0.05) is 17.5 Å². The molecule has 8 bridgehead atoms. The van der Waals surface area contributed by atoms with Crippen LogP contribution in [-0.2, 0) is 0 Å². The Bertz CT molecular complexity index is 406. The van der Waals surface area contributed by atoms with E-state index in [0.717, 1.165) is 59.2 Å². The lowest BCUT2D eigenvalue weighted by atomic mass is 9.46. The summed E-state index contributed by atoms with van der Waals surface area (Å²) >= 11 is 0. The molecule has 8 aliphatic carbocycles. The molecule has 0 radical (unpaired) electrons. The second-order valence-electron chi connectivity index (χ2n) is 10.4. The summed E-state index contributed by atoms with van der Waals surface area (Å²) in [4.78, 5) is 0. The van der Waals surface area contributed by atoms with Crippen LogP contribution in [0.2, 0.25) is 0 Å². The molecule has 1 heteroatoms. The molecule has 0 aromatic carbocycles. The van der Waals surface area contributed by atoms with E-state index in [1.165, 1.54) is 57.1 Å². The van der Waals surface area contributed by atoms with E-state index in [9.17, 15) is 5.41 Å². The molecule has 0 aromatic heterocycles. The molecule has 0 unspecified atom stereocenters. The first-order valence-corrected chi connectivity index (χ1v) is 10.3. The summed E-state index contributed by atoms with van der Waals surface area (Å²) in [5, 5.41) is 9.24. The molecule has 22 heavy (non-hydrogen) atoms. The Morgan fingerprint density at radius 3 is 1.00 bits per heavy atom. The predicted octanol–water partition coefficient (Wildman–Crippen LogP) is 5.15. The highest BCUT2D eigenvalue weighted by atomic mass is 14.6. The van der Waals surface area contributed by atoms with Crippen molar-refractivity contribution in [1.29, 1.82) is 5.41 Å². The van der Waals surface area contributed by atoms with Gasteiger partial charge in [0.1, 0.15) is 0 Å². The van der Waals surface area contributed by atoms with Gasteiger partial charge < -0.3 is 5.41 Å². The number of hydrogen-bond acceptors (Lipinski definition) is 1. The molecule has 8 rings (SSSR count). The maximum absolute atomic E-state index is 9.24. The van der Waals surface area contributed by atoms with Crippen molar-refractivity contribution in [3.05, 3.63) is 0 Å². The van der Waals surface area contributed by atoms with Crippen LogP contribution in [0.15, 0.2) is 0 Å². The van der Waals surface area contributed by atoms with Crippen molar-refractivity contribution in [2.45, 2.75) is 64.2 Å². The second-order valence-corrected chi connectivity index (χ2v) is 10.4. The fourth-order valence-corrected chi connectivity index (χ4v) is 9.09. The van der Waals surface area contributed by atoms with Crippen LogP contribution in [0, 0.1) is 64.6 Å². The van der Waals surface area contributed by atoms with Gasteiger partial charge in [-0.25, -0.2) is 0 Å². The van der Waals surface area contributed by atoms with Gasteiger partial charge in [0.05, 0.1) is 0 Å². The first kappa shape index (κ1) is 13.0. The number of rotatable bonds is 2. The third-order valence-corrected chi connectivity index (χ3v) is 9.17. The summed E-state index contributed by atoms with van der Waals surface area (Å²) < 4.78 is 0. The third kappa shape index (κ3) is 1.69. The zero-order valence-corrected chi connectivity index (χ0v) is 13.8. The molecule has 0 atom stereocenters. The molecule has 1 nitrogen and oxygen atoms in total. The quantitative estimate of drug-likeness (QED) is 0.681. The molecule has 0 amide bonds. The minimum atomic E-state index is 0.732. The van der Waals surface area contributed by atoms with Crippen molar-refractivity contribution in [2.24, 2.45) is 59.2 Å². The SMILES string of the molecule is N=C(C1C2CC3CC(C2)CC1C3)C1C2CC3CC(C2)CC1C3. The first-order chi connectivity index (χ1) is 10.7. The number of nitrogens with one attached hydrogen (secondary N) is 1. The molecular weight excluding hydrogens is 266 g/mol. The van der Waals surface area contributed by atoms with Gasteiger partial charge in [-0.1, -0.05) is 0 Å². The Balaban J connectivity index is 1.29. The van der Waals surface area contributed by atoms with E-state index in [0.29, 0.717) is 0 Å². The maximum atomic E-state index is 9.24. The van der Waals surface area contributed by atoms with Gasteiger partial charge in [0.15, 0.2) is 0 Å². The molecule has 8 fully saturated rings.